The van der Waals surface area contributed by atoms with Gasteiger partial charge in [-0.3, -0.25) is 37.3 Å². The first-order valence-electron chi connectivity index (χ1n) is 43.6. The molecule has 5 atom stereocenters. The number of hydrogen-bond donors (Lipinski definition) is 3. The van der Waals surface area contributed by atoms with Crippen molar-refractivity contribution >= 4 is 39.5 Å². The molecular weight excluding hydrogens is 1340 g/mol. The Bertz CT molecular complexity index is 1960. The van der Waals surface area contributed by atoms with E-state index < -0.39 is 97.5 Å². The minimum absolute atomic E-state index is 0.108. The molecule has 0 rings (SSSR count). The Morgan fingerprint density at radius 3 is 0.660 bits per heavy atom. The SMILES string of the molecule is CCCCCCCCCCCCCCCCCCCCC(=O)OC[C@H](COP(=O)(O)OC[C@@H](O)COP(=O)(O)OC[C@@H](COC(=O)CCCCCCCCCCCCCC)OC(=O)CCCCCCCCCCCCCC)OC(=O)CCCCCCCCCCCCCCCCCCCCC(C)C. The average Bonchev–Trinajstić information content (AvgIpc) is 0.956. The van der Waals surface area contributed by atoms with Crippen LogP contribution < -0.4 is 0 Å². The molecule has 17 nitrogen and oxygen atoms in total. The third-order valence-corrected chi connectivity index (χ3v) is 21.7. The number of aliphatic hydroxyl groups excluding tert-OH is 1. The van der Waals surface area contributed by atoms with Gasteiger partial charge in [-0.05, 0) is 31.6 Å². The number of carbonyl (C=O) groups is 4. The highest BCUT2D eigenvalue weighted by Gasteiger charge is 2.30. The van der Waals surface area contributed by atoms with Gasteiger partial charge in [-0.25, -0.2) is 9.13 Å². The van der Waals surface area contributed by atoms with E-state index in [-0.39, 0.29) is 25.7 Å². The Morgan fingerprint density at radius 2 is 0.447 bits per heavy atom. The second-order valence-electron chi connectivity index (χ2n) is 30.7. The molecule has 19 heteroatoms. The van der Waals surface area contributed by atoms with Crippen molar-refractivity contribution in [1.29, 1.82) is 0 Å². The van der Waals surface area contributed by atoms with Crippen LogP contribution in [0.3, 0.4) is 0 Å². The molecule has 0 aliphatic carbocycles. The van der Waals surface area contributed by atoms with Gasteiger partial charge in [0.1, 0.15) is 19.3 Å². The van der Waals surface area contributed by atoms with Crippen molar-refractivity contribution in [3.05, 3.63) is 0 Å². The highest BCUT2D eigenvalue weighted by Crippen LogP contribution is 2.45. The molecule has 612 valence electrons. The summed E-state index contributed by atoms with van der Waals surface area (Å²) in [7, 11) is -9.92. The lowest BCUT2D eigenvalue weighted by atomic mass is 10.0. The predicted octanol–water partition coefficient (Wildman–Crippen LogP) is 25.6. The van der Waals surface area contributed by atoms with Crippen molar-refractivity contribution in [1.82, 2.24) is 0 Å². The molecule has 0 aliphatic heterocycles. The van der Waals surface area contributed by atoms with E-state index >= 15 is 0 Å². The smallest absolute Gasteiger partial charge is 0.462 e. The van der Waals surface area contributed by atoms with Gasteiger partial charge in [0.05, 0.1) is 26.4 Å². The van der Waals surface area contributed by atoms with Crippen molar-refractivity contribution < 1.29 is 80.2 Å². The third kappa shape index (κ3) is 78.0. The predicted molar refractivity (Wildman–Crippen MR) is 423 cm³/mol. The van der Waals surface area contributed by atoms with Crippen LogP contribution in [0.4, 0.5) is 0 Å². The second-order valence-corrected chi connectivity index (χ2v) is 33.6. The van der Waals surface area contributed by atoms with Gasteiger partial charge in [-0.15, -0.1) is 0 Å². The highest BCUT2D eigenvalue weighted by atomic mass is 31.2. The van der Waals surface area contributed by atoms with Crippen molar-refractivity contribution in [3.63, 3.8) is 0 Å². The maximum atomic E-state index is 13.1. The molecule has 0 amide bonds. The van der Waals surface area contributed by atoms with Crippen LogP contribution in [0, 0.1) is 5.92 Å². The zero-order valence-corrected chi connectivity index (χ0v) is 69.3. The maximum Gasteiger partial charge on any atom is 0.472 e. The molecule has 3 N–H and O–H groups in total. The number of hydrogen-bond acceptors (Lipinski definition) is 15. The number of aliphatic hydroxyl groups is 1. The van der Waals surface area contributed by atoms with E-state index in [1.807, 2.05) is 0 Å². The fourth-order valence-corrected chi connectivity index (χ4v) is 14.7. The molecule has 2 unspecified atom stereocenters. The summed E-state index contributed by atoms with van der Waals surface area (Å²) in [6.45, 7) is 7.39. The number of ether oxygens (including phenoxy) is 4. The van der Waals surface area contributed by atoms with Crippen molar-refractivity contribution in [3.8, 4) is 0 Å². The van der Waals surface area contributed by atoms with E-state index in [4.69, 9.17) is 37.0 Å². The van der Waals surface area contributed by atoms with E-state index in [9.17, 15) is 43.2 Å². The Morgan fingerprint density at radius 1 is 0.262 bits per heavy atom. The Balaban J connectivity index is 5.22. The molecule has 0 saturated carbocycles. The Hall–Kier alpha value is -1.94. The molecule has 0 heterocycles. The summed E-state index contributed by atoms with van der Waals surface area (Å²) in [5.74, 6) is -1.28. The summed E-state index contributed by atoms with van der Waals surface area (Å²) in [5.41, 5.74) is 0. The summed E-state index contributed by atoms with van der Waals surface area (Å²) in [4.78, 5) is 73.1. The zero-order chi connectivity index (χ0) is 75.5. The van der Waals surface area contributed by atoms with E-state index in [1.165, 1.54) is 276 Å². The van der Waals surface area contributed by atoms with Gasteiger partial charge in [0.25, 0.3) is 0 Å². The van der Waals surface area contributed by atoms with Crippen LogP contribution in [0.5, 0.6) is 0 Å². The summed E-state index contributed by atoms with van der Waals surface area (Å²) >= 11 is 0. The molecule has 0 fully saturated rings. The minimum atomic E-state index is -4.96. The van der Waals surface area contributed by atoms with Gasteiger partial charge >= 0.3 is 39.5 Å². The largest absolute Gasteiger partial charge is 0.472 e. The van der Waals surface area contributed by atoms with E-state index in [0.717, 1.165) is 95.8 Å². The molecular formula is C84H164O17P2. The van der Waals surface area contributed by atoms with Crippen LogP contribution >= 0.6 is 15.6 Å². The lowest BCUT2D eigenvalue weighted by molar-refractivity contribution is -0.161. The topological polar surface area (TPSA) is 237 Å². The van der Waals surface area contributed by atoms with Crippen LogP contribution in [0.15, 0.2) is 0 Å². The first-order valence-corrected chi connectivity index (χ1v) is 46.6. The third-order valence-electron chi connectivity index (χ3n) is 19.8. The molecule has 0 aliphatic rings. The Kier molecular flexibility index (Phi) is 75.4. The quantitative estimate of drug-likeness (QED) is 0.0222. The first-order chi connectivity index (χ1) is 50.0. The molecule has 0 saturated heterocycles. The van der Waals surface area contributed by atoms with Gasteiger partial charge in [0, 0.05) is 25.7 Å². The van der Waals surface area contributed by atoms with Gasteiger partial charge in [-0.1, -0.05) is 401 Å². The normalized spacial score (nSPS) is 13.8. The average molecular weight is 1510 g/mol. The number of carbonyl (C=O) groups excluding carboxylic acids is 4. The van der Waals surface area contributed by atoms with Crippen LogP contribution in [0.1, 0.15) is 452 Å². The van der Waals surface area contributed by atoms with Gasteiger partial charge in [0.15, 0.2) is 12.2 Å². The fourth-order valence-electron chi connectivity index (χ4n) is 13.1. The Labute approximate surface area is 632 Å². The molecule has 0 bridgehead atoms. The van der Waals surface area contributed by atoms with E-state index in [0.29, 0.717) is 25.7 Å². The van der Waals surface area contributed by atoms with Crippen molar-refractivity contribution in [2.24, 2.45) is 5.92 Å². The van der Waals surface area contributed by atoms with Crippen LogP contribution in [0.25, 0.3) is 0 Å². The van der Waals surface area contributed by atoms with E-state index in [1.54, 1.807) is 0 Å². The zero-order valence-electron chi connectivity index (χ0n) is 67.5. The van der Waals surface area contributed by atoms with E-state index in [2.05, 4.69) is 34.6 Å². The molecule has 0 aromatic heterocycles. The summed E-state index contributed by atoms with van der Waals surface area (Å²) in [5, 5.41) is 10.7. The van der Waals surface area contributed by atoms with Crippen LogP contribution in [0.2, 0.25) is 0 Å². The van der Waals surface area contributed by atoms with Crippen LogP contribution in [-0.4, -0.2) is 96.7 Å². The lowest BCUT2D eigenvalue weighted by Crippen LogP contribution is -2.30. The number of phosphoric ester groups is 2. The van der Waals surface area contributed by atoms with Gasteiger partial charge in [-0.2, -0.15) is 0 Å². The first kappa shape index (κ1) is 101. The summed E-state index contributed by atoms with van der Waals surface area (Å²) in [6.07, 6.45) is 69.3. The fraction of sp³-hybridized carbons (Fsp3) is 0.952. The molecule has 103 heavy (non-hydrogen) atoms. The second kappa shape index (κ2) is 76.8. The lowest BCUT2D eigenvalue weighted by Gasteiger charge is -2.21. The minimum Gasteiger partial charge on any atom is -0.462 e. The van der Waals surface area contributed by atoms with Gasteiger partial charge < -0.3 is 33.8 Å². The van der Waals surface area contributed by atoms with Crippen LogP contribution in [-0.2, 0) is 65.4 Å². The van der Waals surface area contributed by atoms with Gasteiger partial charge in [0.2, 0.25) is 0 Å². The number of rotatable bonds is 84. The highest BCUT2D eigenvalue weighted by molar-refractivity contribution is 7.47. The molecule has 0 radical (unpaired) electrons. The number of esters is 4. The molecule has 0 spiro atoms. The summed E-state index contributed by atoms with van der Waals surface area (Å²) < 4.78 is 68.8. The van der Waals surface area contributed by atoms with Crippen molar-refractivity contribution in [2.75, 3.05) is 39.6 Å². The molecule has 0 aromatic rings. The maximum absolute atomic E-state index is 13.1. The summed E-state index contributed by atoms with van der Waals surface area (Å²) in [6, 6.07) is 0. The number of phosphoric acid groups is 2. The number of unbranched alkanes of at least 4 members (excludes halogenated alkanes) is 56. The standard InChI is InChI=1S/C84H164O17P2/c1-6-9-12-15-18-21-24-27-28-29-33-36-39-44-48-53-58-63-68-82(87)95-74-80(101-84(89)70-65-60-55-50-45-40-37-34-31-30-32-35-38-41-46-51-56-61-66-77(4)5)76-99-103(92,93)97-72-78(85)71-96-102(90,91)98-75-79(100-83(88)69-64-59-54-49-43-26-23-20-17-14-11-8-3)73-94-81(86)67-62-57-52-47-42-25-22-19-16-13-10-7-2/h77-80,85H,6-76H2,1-5H3,(H,90,91)(H,92,93)/t78-,79+,80+/m0/s1. The van der Waals surface area contributed by atoms with Crippen molar-refractivity contribution in [2.45, 2.75) is 470 Å². The monoisotopic (exact) mass is 1510 g/mol. The molecule has 0 aromatic carbocycles.